The summed E-state index contributed by atoms with van der Waals surface area (Å²) in [5.74, 6) is -0.382. The first-order chi connectivity index (χ1) is 13.0. The van der Waals surface area contributed by atoms with Gasteiger partial charge in [0.05, 0.1) is 19.3 Å². The molecule has 1 aliphatic rings. The largest absolute Gasteiger partial charge is 0.379 e. The van der Waals surface area contributed by atoms with Crippen LogP contribution in [-0.4, -0.2) is 48.2 Å². The van der Waals surface area contributed by atoms with Gasteiger partial charge in [0.2, 0.25) is 5.91 Å². The lowest BCUT2D eigenvalue weighted by molar-refractivity contribution is -0.121. The predicted octanol–water partition coefficient (Wildman–Crippen LogP) is 1.94. The van der Waals surface area contributed by atoms with E-state index in [-0.39, 0.29) is 29.1 Å². The van der Waals surface area contributed by atoms with E-state index in [1.54, 1.807) is 22.1 Å². The van der Waals surface area contributed by atoms with Gasteiger partial charge in [0.25, 0.3) is 0 Å². The minimum Gasteiger partial charge on any atom is -0.379 e. The van der Waals surface area contributed by atoms with Crippen LogP contribution in [0.3, 0.4) is 0 Å². The number of rotatable bonds is 7. The second-order valence-corrected chi connectivity index (χ2v) is 7.39. The summed E-state index contributed by atoms with van der Waals surface area (Å²) in [7, 11) is 0. The van der Waals surface area contributed by atoms with Crippen LogP contribution in [0.25, 0.3) is 0 Å². The van der Waals surface area contributed by atoms with Gasteiger partial charge in [0, 0.05) is 43.7 Å². The lowest BCUT2D eigenvalue weighted by Gasteiger charge is -2.35. The molecule has 6 nitrogen and oxygen atoms in total. The zero-order valence-corrected chi connectivity index (χ0v) is 16.1. The molecule has 1 aromatic heterocycles. The van der Waals surface area contributed by atoms with E-state index in [1.165, 1.54) is 12.1 Å². The number of aryl methyl sites for hydroxylation is 1. The molecule has 0 spiro atoms. The highest BCUT2D eigenvalue weighted by Gasteiger charge is 2.23. The number of ether oxygens (including phenoxy) is 1. The van der Waals surface area contributed by atoms with Gasteiger partial charge in [0.1, 0.15) is 5.82 Å². The molecule has 1 atom stereocenters. The molecule has 1 unspecified atom stereocenters. The zero-order valence-electron chi connectivity index (χ0n) is 15.3. The number of nitrogens with one attached hydrogen (secondary N) is 1. The summed E-state index contributed by atoms with van der Waals surface area (Å²) in [6, 6.07) is 6.36. The molecule has 1 N–H and O–H groups in total. The summed E-state index contributed by atoms with van der Waals surface area (Å²) in [5.41, 5.74) is 1.83. The maximum Gasteiger partial charge on any atom is 0.307 e. The van der Waals surface area contributed by atoms with Crippen LogP contribution in [0.4, 0.5) is 4.39 Å². The Kier molecular flexibility index (Phi) is 6.76. The Bertz CT molecular complexity index is 812. The fourth-order valence-corrected chi connectivity index (χ4v) is 3.98. The van der Waals surface area contributed by atoms with Crippen LogP contribution in [-0.2, 0) is 16.1 Å². The number of hydrogen-bond acceptors (Lipinski definition) is 5. The molecule has 3 rings (SSSR count). The van der Waals surface area contributed by atoms with E-state index in [0.29, 0.717) is 26.3 Å². The van der Waals surface area contributed by atoms with Gasteiger partial charge in [-0.05, 0) is 24.6 Å². The lowest BCUT2D eigenvalue weighted by atomic mass is 10.0. The van der Waals surface area contributed by atoms with Crippen molar-refractivity contribution in [2.24, 2.45) is 0 Å². The first-order valence-corrected chi connectivity index (χ1v) is 9.91. The number of halogens is 1. The molecule has 1 amide bonds. The summed E-state index contributed by atoms with van der Waals surface area (Å²) in [5, 5.41) is 4.76. The monoisotopic (exact) mass is 393 g/mol. The van der Waals surface area contributed by atoms with E-state index in [1.807, 2.05) is 6.92 Å². The second kappa shape index (κ2) is 9.25. The van der Waals surface area contributed by atoms with E-state index < -0.39 is 0 Å². The van der Waals surface area contributed by atoms with Gasteiger partial charge >= 0.3 is 4.87 Å². The van der Waals surface area contributed by atoms with Crippen LogP contribution in [0.1, 0.15) is 23.7 Å². The molecule has 0 aliphatic carbocycles. The van der Waals surface area contributed by atoms with E-state index >= 15 is 0 Å². The molecule has 1 aliphatic heterocycles. The highest BCUT2D eigenvalue weighted by molar-refractivity contribution is 7.07. The normalized spacial score (nSPS) is 16.2. The van der Waals surface area contributed by atoms with Crippen molar-refractivity contribution in [1.29, 1.82) is 0 Å². The smallest absolute Gasteiger partial charge is 0.307 e. The average molecular weight is 393 g/mol. The number of amides is 1. The van der Waals surface area contributed by atoms with Crippen LogP contribution >= 0.6 is 11.3 Å². The Balaban J connectivity index is 1.60. The maximum absolute atomic E-state index is 13.3. The molecule has 8 heteroatoms. The highest BCUT2D eigenvalue weighted by atomic mass is 32.1. The Hall–Kier alpha value is -2.03. The number of morpholine rings is 1. The Morgan fingerprint density at radius 1 is 1.30 bits per heavy atom. The van der Waals surface area contributed by atoms with Crippen LogP contribution in [0, 0.1) is 12.7 Å². The minimum atomic E-state index is -0.278. The molecule has 1 saturated heterocycles. The van der Waals surface area contributed by atoms with Crippen molar-refractivity contribution in [3.05, 3.63) is 56.4 Å². The van der Waals surface area contributed by atoms with Crippen molar-refractivity contribution in [1.82, 2.24) is 14.8 Å². The molecule has 2 heterocycles. The van der Waals surface area contributed by atoms with Crippen LogP contribution < -0.4 is 10.2 Å². The first kappa shape index (κ1) is 19.7. The summed E-state index contributed by atoms with van der Waals surface area (Å²) < 4.78 is 20.3. The van der Waals surface area contributed by atoms with Crippen molar-refractivity contribution < 1.29 is 13.9 Å². The van der Waals surface area contributed by atoms with Crippen molar-refractivity contribution in [3.8, 4) is 0 Å². The van der Waals surface area contributed by atoms with Gasteiger partial charge in [-0.3, -0.25) is 14.5 Å². The van der Waals surface area contributed by atoms with Crippen molar-refractivity contribution in [3.63, 3.8) is 0 Å². The van der Waals surface area contributed by atoms with Crippen molar-refractivity contribution in [2.75, 3.05) is 32.8 Å². The summed E-state index contributed by atoms with van der Waals surface area (Å²) in [6.45, 7) is 5.49. The van der Waals surface area contributed by atoms with Crippen molar-refractivity contribution in [2.45, 2.75) is 25.9 Å². The van der Waals surface area contributed by atoms with Crippen molar-refractivity contribution >= 4 is 17.2 Å². The summed E-state index contributed by atoms with van der Waals surface area (Å²) in [6.07, 6.45) is 0.247. The van der Waals surface area contributed by atoms with Gasteiger partial charge in [-0.25, -0.2) is 4.39 Å². The molecular weight excluding hydrogens is 369 g/mol. The minimum absolute atomic E-state index is 0.0379. The number of benzene rings is 1. The van der Waals surface area contributed by atoms with Gasteiger partial charge < -0.3 is 14.6 Å². The third-order valence-corrected chi connectivity index (χ3v) is 5.65. The third-order valence-electron chi connectivity index (χ3n) is 4.77. The molecule has 27 heavy (non-hydrogen) atoms. The quantitative estimate of drug-likeness (QED) is 0.781. The molecule has 0 bridgehead atoms. The number of nitrogens with zero attached hydrogens (tertiary/aromatic N) is 2. The number of carbonyl (C=O) groups is 1. The molecule has 0 radical (unpaired) electrons. The van der Waals surface area contributed by atoms with Crippen LogP contribution in [0.2, 0.25) is 0 Å². The first-order valence-electron chi connectivity index (χ1n) is 9.03. The lowest BCUT2D eigenvalue weighted by Crippen LogP contribution is -2.44. The molecule has 0 saturated carbocycles. The number of aromatic nitrogens is 1. The van der Waals surface area contributed by atoms with Crippen LogP contribution in [0.15, 0.2) is 34.4 Å². The van der Waals surface area contributed by atoms with Gasteiger partial charge in [0.15, 0.2) is 0 Å². The molecule has 1 aromatic carbocycles. The fourth-order valence-electron chi connectivity index (χ4n) is 3.22. The Morgan fingerprint density at radius 3 is 2.63 bits per heavy atom. The topological polar surface area (TPSA) is 63.6 Å². The third kappa shape index (κ3) is 5.24. The number of hydrogen-bond donors (Lipinski definition) is 1. The average Bonchev–Trinajstić information content (AvgIpc) is 3.00. The van der Waals surface area contributed by atoms with E-state index in [4.69, 9.17) is 4.74 Å². The maximum atomic E-state index is 13.3. The Labute approximate surface area is 161 Å². The van der Waals surface area contributed by atoms with E-state index in [9.17, 15) is 14.0 Å². The SMILES string of the molecule is Cc1csc(=O)n1CCC(=O)NCC(c1ccc(F)cc1)N1CCOCC1. The molecule has 1 fully saturated rings. The fraction of sp³-hybridized carbons (Fsp3) is 0.474. The van der Waals surface area contributed by atoms with Gasteiger partial charge in [-0.2, -0.15) is 0 Å². The van der Waals surface area contributed by atoms with Crippen LogP contribution in [0.5, 0.6) is 0 Å². The van der Waals surface area contributed by atoms with E-state index in [0.717, 1.165) is 35.7 Å². The van der Waals surface area contributed by atoms with Gasteiger partial charge in [-0.15, -0.1) is 0 Å². The second-order valence-electron chi connectivity index (χ2n) is 6.56. The van der Waals surface area contributed by atoms with E-state index in [2.05, 4.69) is 10.2 Å². The highest BCUT2D eigenvalue weighted by Crippen LogP contribution is 2.21. The van der Waals surface area contributed by atoms with Gasteiger partial charge in [-0.1, -0.05) is 23.5 Å². The number of thiazole rings is 1. The summed E-state index contributed by atoms with van der Waals surface area (Å²) >= 11 is 1.14. The molecule has 146 valence electrons. The zero-order chi connectivity index (χ0) is 19.2. The molecule has 2 aromatic rings. The Morgan fingerprint density at radius 2 is 2.00 bits per heavy atom. The number of carbonyl (C=O) groups excluding carboxylic acids is 1. The predicted molar refractivity (Wildman–Crippen MR) is 102 cm³/mol. The summed E-state index contributed by atoms with van der Waals surface area (Å²) in [4.78, 5) is 26.2. The molecular formula is C19H24FN3O3S. The standard InChI is InChI=1S/C19H24FN3O3S/c1-14-13-27-19(25)23(14)7-6-18(24)21-12-17(22-8-10-26-11-9-22)15-2-4-16(20)5-3-15/h2-5,13,17H,6-12H2,1H3,(H,21,24).